The van der Waals surface area contributed by atoms with Gasteiger partial charge >= 0.3 is 0 Å². The van der Waals surface area contributed by atoms with Crippen molar-refractivity contribution < 1.29 is 0 Å². The minimum atomic E-state index is 0.164. The van der Waals surface area contributed by atoms with Crippen molar-refractivity contribution in [1.82, 2.24) is 26.2 Å². The van der Waals surface area contributed by atoms with Crippen LogP contribution in [0.15, 0.2) is 36.7 Å². The van der Waals surface area contributed by atoms with Crippen molar-refractivity contribution in [2.75, 3.05) is 0 Å². The first-order valence-corrected chi connectivity index (χ1v) is 7.33. The summed E-state index contributed by atoms with van der Waals surface area (Å²) in [4.78, 5) is 2.06. The van der Waals surface area contributed by atoms with Crippen LogP contribution in [0, 0.1) is 0 Å². The van der Waals surface area contributed by atoms with E-state index in [0.29, 0.717) is 6.04 Å². The van der Waals surface area contributed by atoms with Gasteiger partial charge in [0.05, 0.1) is 12.1 Å². The molecule has 1 aromatic rings. The minimum Gasteiger partial charge on any atom is -0.307 e. The van der Waals surface area contributed by atoms with Crippen LogP contribution in [-0.2, 0) is 0 Å². The van der Waals surface area contributed by atoms with Crippen molar-refractivity contribution in [3.8, 4) is 0 Å². The number of hydrazine groups is 2. The number of thiocarbonyl (C=S) groups is 1. The van der Waals surface area contributed by atoms with Gasteiger partial charge in [-0.1, -0.05) is 23.7 Å². The third-order valence-electron chi connectivity index (χ3n) is 4.03. The number of nitrogens with zero attached hydrogens (tertiary/aromatic N) is 2. The lowest BCUT2D eigenvalue weighted by Gasteiger charge is -2.35. The molecule has 3 unspecified atom stereocenters. The maximum Gasteiger partial charge on any atom is 0.189 e. The van der Waals surface area contributed by atoms with E-state index in [-0.39, 0.29) is 12.2 Å². The van der Waals surface area contributed by atoms with Crippen molar-refractivity contribution in [2.45, 2.75) is 24.7 Å². The Morgan fingerprint density at radius 1 is 1.20 bits per heavy atom. The van der Waals surface area contributed by atoms with E-state index in [0.717, 1.165) is 16.6 Å². The van der Waals surface area contributed by atoms with Crippen molar-refractivity contribution in [3.05, 3.63) is 47.3 Å². The number of rotatable bonds is 1. The fraction of sp³-hybridized carbons (Fsp3) is 0.308. The van der Waals surface area contributed by atoms with Gasteiger partial charge in [0, 0.05) is 17.4 Å². The maximum absolute atomic E-state index is 5.95. The van der Waals surface area contributed by atoms with Crippen LogP contribution in [0.3, 0.4) is 0 Å². The van der Waals surface area contributed by atoms with E-state index in [4.69, 9.17) is 23.8 Å². The molecule has 4 rings (SSSR count). The van der Waals surface area contributed by atoms with Crippen molar-refractivity contribution in [1.29, 1.82) is 0 Å². The van der Waals surface area contributed by atoms with Gasteiger partial charge in [-0.2, -0.15) is 0 Å². The first-order chi connectivity index (χ1) is 9.72. The molecule has 3 atom stereocenters. The number of nitrogens with one attached hydrogen (secondary N) is 3. The van der Waals surface area contributed by atoms with Gasteiger partial charge < -0.3 is 9.91 Å². The number of halogens is 1. The van der Waals surface area contributed by atoms with E-state index >= 15 is 0 Å². The van der Waals surface area contributed by atoms with Gasteiger partial charge in [-0.15, -0.1) is 0 Å². The van der Waals surface area contributed by atoms with Gasteiger partial charge in [0.15, 0.2) is 5.11 Å². The number of hydrogen-bond acceptors (Lipinski definition) is 4. The Morgan fingerprint density at radius 2 is 2.00 bits per heavy atom. The van der Waals surface area contributed by atoms with Crippen LogP contribution in [0.5, 0.6) is 0 Å². The molecule has 2 saturated heterocycles. The predicted molar refractivity (Wildman–Crippen MR) is 81.2 cm³/mol. The number of fused-ring (bicyclic) bond motifs is 3. The van der Waals surface area contributed by atoms with E-state index in [1.54, 1.807) is 0 Å². The summed E-state index contributed by atoms with van der Waals surface area (Å²) in [5.74, 6) is 0. The zero-order chi connectivity index (χ0) is 13.7. The van der Waals surface area contributed by atoms with Gasteiger partial charge in [0.25, 0.3) is 0 Å². The summed E-state index contributed by atoms with van der Waals surface area (Å²) in [5, 5.41) is 3.65. The Morgan fingerprint density at radius 3 is 2.80 bits per heavy atom. The summed E-state index contributed by atoms with van der Waals surface area (Å²) in [6, 6.07) is 8.63. The maximum atomic E-state index is 5.95. The van der Waals surface area contributed by atoms with Gasteiger partial charge in [-0.05, 0) is 36.3 Å². The molecule has 0 aromatic heterocycles. The van der Waals surface area contributed by atoms with Crippen molar-refractivity contribution in [3.63, 3.8) is 0 Å². The molecule has 3 aliphatic rings. The zero-order valence-corrected chi connectivity index (χ0v) is 12.2. The molecule has 0 amide bonds. The normalized spacial score (nSPS) is 31.2. The first kappa shape index (κ1) is 12.4. The van der Waals surface area contributed by atoms with E-state index in [2.05, 4.69) is 38.3 Å². The molecule has 0 bridgehead atoms. The molecule has 20 heavy (non-hydrogen) atoms. The Labute approximate surface area is 127 Å². The van der Waals surface area contributed by atoms with E-state index in [9.17, 15) is 0 Å². The fourth-order valence-corrected chi connectivity index (χ4v) is 3.36. The van der Waals surface area contributed by atoms with Crippen molar-refractivity contribution in [2.24, 2.45) is 0 Å². The monoisotopic (exact) mass is 307 g/mol. The lowest BCUT2D eigenvalue weighted by Crippen LogP contribution is -2.53. The quantitative estimate of drug-likeness (QED) is 0.683. The van der Waals surface area contributed by atoms with Crippen LogP contribution < -0.4 is 16.3 Å². The summed E-state index contributed by atoms with van der Waals surface area (Å²) >= 11 is 11.2. The molecule has 3 N–H and O–H groups in total. The van der Waals surface area contributed by atoms with Crippen LogP contribution >= 0.6 is 23.8 Å². The lowest BCUT2D eigenvalue weighted by molar-refractivity contribution is 0.153. The Kier molecular flexibility index (Phi) is 2.85. The number of benzene rings is 1. The summed E-state index contributed by atoms with van der Waals surface area (Å²) in [6.45, 7) is 0. The SMILES string of the molecule is S=C1NNC2C3CC(c4ccc(Cl)cc4)NN3C=CN12. The molecule has 5 nitrogen and oxygen atoms in total. The van der Waals surface area contributed by atoms with Gasteiger partial charge in [0.1, 0.15) is 6.17 Å². The third-order valence-corrected chi connectivity index (χ3v) is 4.59. The average molecular weight is 308 g/mol. The Balaban J connectivity index is 1.57. The second kappa shape index (κ2) is 4.60. The average Bonchev–Trinajstić information content (AvgIpc) is 3.03. The molecule has 104 valence electrons. The molecule has 0 spiro atoms. The molecular weight excluding hydrogens is 294 g/mol. The highest BCUT2D eigenvalue weighted by Gasteiger charge is 2.44. The molecule has 1 aromatic carbocycles. The zero-order valence-electron chi connectivity index (χ0n) is 10.6. The van der Waals surface area contributed by atoms with E-state index in [1.165, 1.54) is 5.56 Å². The Bertz CT molecular complexity index is 575. The molecule has 0 radical (unpaired) electrons. The van der Waals surface area contributed by atoms with Crippen LogP contribution in [0.1, 0.15) is 18.0 Å². The summed E-state index contributed by atoms with van der Waals surface area (Å²) in [5.41, 5.74) is 11.0. The molecule has 0 saturated carbocycles. The molecule has 0 aliphatic carbocycles. The minimum absolute atomic E-state index is 0.164. The van der Waals surface area contributed by atoms with Crippen LogP contribution in [-0.4, -0.2) is 27.2 Å². The van der Waals surface area contributed by atoms with Crippen LogP contribution in [0.25, 0.3) is 0 Å². The van der Waals surface area contributed by atoms with Gasteiger partial charge in [-0.25, -0.2) is 10.9 Å². The van der Waals surface area contributed by atoms with Gasteiger partial charge in [0.2, 0.25) is 0 Å². The highest BCUT2D eigenvalue weighted by molar-refractivity contribution is 7.80. The van der Waals surface area contributed by atoms with Gasteiger partial charge in [-0.3, -0.25) is 5.43 Å². The smallest absolute Gasteiger partial charge is 0.189 e. The Hall–Kier alpha value is -1.34. The summed E-state index contributed by atoms with van der Waals surface area (Å²) in [6.07, 6.45) is 5.20. The largest absolute Gasteiger partial charge is 0.307 e. The summed E-state index contributed by atoms with van der Waals surface area (Å²) < 4.78 is 0. The predicted octanol–water partition coefficient (Wildman–Crippen LogP) is 1.47. The van der Waals surface area contributed by atoms with Crippen LogP contribution in [0.4, 0.5) is 0 Å². The molecular formula is C13H14ClN5S. The van der Waals surface area contributed by atoms with E-state index in [1.807, 2.05) is 24.5 Å². The standard InChI is InChI=1S/C13H14ClN5S/c14-9-3-1-8(2-4-9)10-7-11-12-15-16-13(20)18(12)5-6-19(11)17-10/h1-6,10-12,15,17H,7H2,(H,16,20). The highest BCUT2D eigenvalue weighted by atomic mass is 35.5. The summed E-state index contributed by atoms with van der Waals surface area (Å²) in [7, 11) is 0. The topological polar surface area (TPSA) is 42.6 Å². The molecule has 2 fully saturated rings. The second-order valence-corrected chi connectivity index (χ2v) is 5.99. The fourth-order valence-electron chi connectivity index (χ4n) is 3.01. The highest BCUT2D eigenvalue weighted by Crippen LogP contribution is 2.33. The first-order valence-electron chi connectivity index (χ1n) is 6.54. The molecule has 3 heterocycles. The van der Waals surface area contributed by atoms with Crippen molar-refractivity contribution >= 4 is 28.9 Å². The van der Waals surface area contributed by atoms with Crippen LogP contribution in [0.2, 0.25) is 5.02 Å². The second-order valence-electron chi connectivity index (χ2n) is 5.17. The number of hydrogen-bond donors (Lipinski definition) is 3. The third kappa shape index (κ3) is 1.88. The molecule has 7 heteroatoms. The lowest BCUT2D eigenvalue weighted by atomic mass is 10.00. The van der Waals surface area contributed by atoms with E-state index < -0.39 is 0 Å². The molecule has 3 aliphatic heterocycles.